The van der Waals surface area contributed by atoms with E-state index in [9.17, 15) is 14.4 Å². The standard InChI is InChI=1S/C21H24N4O3S/c1-20(6-7-20)23-29-14-4-5-16-15(8-14)17(26)25(19(28)24(16)11-12-2-3-12)22-18(27)21-9-13(21)10-21/h4-5,8,12-13,23H,2-3,6-7,9-11H2,1H3,(H,22,27). The van der Waals surface area contributed by atoms with Gasteiger partial charge in [0, 0.05) is 17.0 Å². The third-order valence-electron chi connectivity index (χ3n) is 7.02. The third kappa shape index (κ3) is 2.95. The molecule has 2 aromatic rings. The second kappa shape index (κ2) is 5.76. The Kier molecular flexibility index (Phi) is 3.53. The van der Waals surface area contributed by atoms with Gasteiger partial charge in [-0.2, -0.15) is 4.68 Å². The van der Waals surface area contributed by atoms with Gasteiger partial charge in [-0.25, -0.2) is 4.79 Å². The minimum absolute atomic E-state index is 0.170. The van der Waals surface area contributed by atoms with E-state index < -0.39 is 11.2 Å². The van der Waals surface area contributed by atoms with Crippen LogP contribution in [0.5, 0.6) is 0 Å². The van der Waals surface area contributed by atoms with E-state index >= 15 is 0 Å². The summed E-state index contributed by atoms with van der Waals surface area (Å²) in [4.78, 5) is 39.8. The van der Waals surface area contributed by atoms with Crippen LogP contribution in [-0.4, -0.2) is 20.7 Å². The van der Waals surface area contributed by atoms with E-state index in [1.54, 1.807) is 4.57 Å². The van der Waals surface area contributed by atoms with Crippen molar-refractivity contribution in [1.29, 1.82) is 0 Å². The van der Waals surface area contributed by atoms with E-state index in [-0.39, 0.29) is 16.9 Å². The fourth-order valence-corrected chi connectivity index (χ4v) is 4.89. The van der Waals surface area contributed by atoms with Gasteiger partial charge in [-0.05, 0) is 87.4 Å². The monoisotopic (exact) mass is 412 g/mol. The van der Waals surface area contributed by atoms with Crippen LogP contribution in [0.15, 0.2) is 32.7 Å². The molecule has 1 heterocycles. The highest BCUT2D eigenvalue weighted by atomic mass is 32.2. The molecule has 4 saturated carbocycles. The molecule has 6 rings (SSSR count). The molecule has 0 unspecified atom stereocenters. The second-order valence-corrected chi connectivity index (χ2v) is 10.5. The van der Waals surface area contributed by atoms with Crippen molar-refractivity contribution in [2.45, 2.75) is 62.4 Å². The first-order valence-corrected chi connectivity index (χ1v) is 11.3. The van der Waals surface area contributed by atoms with Crippen LogP contribution in [0.25, 0.3) is 10.9 Å². The van der Waals surface area contributed by atoms with Crippen LogP contribution in [0.4, 0.5) is 0 Å². The summed E-state index contributed by atoms with van der Waals surface area (Å²) in [6.45, 7) is 2.77. The van der Waals surface area contributed by atoms with Crippen LogP contribution >= 0.6 is 11.9 Å². The zero-order valence-electron chi connectivity index (χ0n) is 16.4. The lowest BCUT2D eigenvalue weighted by molar-refractivity contribution is -0.120. The molecule has 2 N–H and O–H groups in total. The maximum Gasteiger partial charge on any atom is 0.350 e. The SMILES string of the molecule is CC1(NSc2ccc3c(c2)c(=O)n(NC(=O)C24CC2C4)c(=O)n3CC2CC2)CC1. The van der Waals surface area contributed by atoms with Crippen LogP contribution < -0.4 is 21.4 Å². The predicted octanol–water partition coefficient (Wildman–Crippen LogP) is 2.20. The van der Waals surface area contributed by atoms with Crippen molar-refractivity contribution in [3.8, 4) is 0 Å². The topological polar surface area (TPSA) is 85.1 Å². The summed E-state index contributed by atoms with van der Waals surface area (Å²) in [7, 11) is 0. The second-order valence-electron chi connectivity index (χ2n) is 9.62. The molecule has 4 aliphatic carbocycles. The van der Waals surface area contributed by atoms with Crippen LogP contribution in [0.1, 0.15) is 45.4 Å². The first-order valence-electron chi connectivity index (χ1n) is 10.4. The van der Waals surface area contributed by atoms with Gasteiger partial charge in [0.2, 0.25) is 5.91 Å². The fraction of sp³-hybridized carbons (Fsp3) is 0.571. The van der Waals surface area contributed by atoms with Crippen LogP contribution in [-0.2, 0) is 11.3 Å². The summed E-state index contributed by atoms with van der Waals surface area (Å²) in [6, 6.07) is 5.65. The quantitative estimate of drug-likeness (QED) is 0.681. The molecule has 0 radical (unpaired) electrons. The van der Waals surface area contributed by atoms with Crippen molar-refractivity contribution >= 4 is 28.8 Å². The number of rotatable bonds is 7. The number of hydrogen-bond acceptors (Lipinski definition) is 5. The van der Waals surface area contributed by atoms with E-state index in [2.05, 4.69) is 17.1 Å². The molecule has 29 heavy (non-hydrogen) atoms. The Morgan fingerprint density at radius 1 is 1.24 bits per heavy atom. The molecule has 0 bridgehead atoms. The average molecular weight is 413 g/mol. The molecular formula is C21H24N4O3S. The van der Waals surface area contributed by atoms with Gasteiger partial charge >= 0.3 is 5.69 Å². The van der Waals surface area contributed by atoms with E-state index in [0.29, 0.717) is 29.3 Å². The van der Waals surface area contributed by atoms with Gasteiger partial charge < -0.3 is 0 Å². The maximum atomic E-state index is 13.2. The molecule has 1 amide bonds. The van der Waals surface area contributed by atoms with Crippen molar-refractivity contribution in [3.63, 3.8) is 0 Å². The molecule has 0 aliphatic heterocycles. The molecule has 8 heteroatoms. The molecule has 1 aromatic heterocycles. The van der Waals surface area contributed by atoms with E-state index in [1.807, 2.05) is 18.2 Å². The van der Waals surface area contributed by atoms with Crippen molar-refractivity contribution in [2.75, 3.05) is 5.43 Å². The normalized spacial score (nSPS) is 28.1. The number of benzene rings is 1. The van der Waals surface area contributed by atoms with Crippen molar-refractivity contribution in [3.05, 3.63) is 39.0 Å². The van der Waals surface area contributed by atoms with Crippen LogP contribution in [0.3, 0.4) is 0 Å². The van der Waals surface area contributed by atoms with Crippen molar-refractivity contribution in [1.82, 2.24) is 14.0 Å². The Morgan fingerprint density at radius 2 is 1.97 bits per heavy atom. The van der Waals surface area contributed by atoms with Gasteiger partial charge in [-0.15, -0.1) is 0 Å². The number of hydrogen-bond donors (Lipinski definition) is 2. The molecule has 4 aliphatic rings. The third-order valence-corrected chi connectivity index (χ3v) is 8.10. The lowest BCUT2D eigenvalue weighted by atomic mass is 10.2. The van der Waals surface area contributed by atoms with E-state index in [1.165, 1.54) is 11.9 Å². The molecule has 0 spiro atoms. The number of carbonyl (C=O) groups excluding carboxylic acids is 1. The van der Waals surface area contributed by atoms with Gasteiger partial charge in [0.1, 0.15) is 0 Å². The molecular weight excluding hydrogens is 388 g/mol. The molecule has 7 nitrogen and oxygen atoms in total. The summed E-state index contributed by atoms with van der Waals surface area (Å²) >= 11 is 1.52. The number of fused-ring (bicyclic) bond motifs is 2. The Balaban J connectivity index is 1.41. The average Bonchev–Trinajstić information content (AvgIpc) is 3.52. The fourth-order valence-electron chi connectivity index (χ4n) is 4.01. The Hall–Kier alpha value is -2.06. The number of amides is 1. The van der Waals surface area contributed by atoms with E-state index in [4.69, 9.17) is 0 Å². The summed E-state index contributed by atoms with van der Waals surface area (Å²) in [5.74, 6) is 0.732. The lowest BCUT2D eigenvalue weighted by Crippen LogP contribution is -2.47. The summed E-state index contributed by atoms with van der Waals surface area (Å²) in [5.41, 5.74) is 2.27. The Morgan fingerprint density at radius 3 is 2.59 bits per heavy atom. The highest BCUT2D eigenvalue weighted by molar-refractivity contribution is 7.97. The first kappa shape index (κ1) is 17.8. The highest BCUT2D eigenvalue weighted by Crippen LogP contribution is 2.75. The Bertz CT molecular complexity index is 1170. The van der Waals surface area contributed by atoms with Gasteiger partial charge in [0.05, 0.1) is 16.3 Å². The minimum atomic E-state index is -0.445. The van der Waals surface area contributed by atoms with Crippen molar-refractivity contribution < 1.29 is 4.79 Å². The number of nitrogens with zero attached hydrogens (tertiary/aromatic N) is 2. The zero-order valence-corrected chi connectivity index (χ0v) is 17.2. The summed E-state index contributed by atoms with van der Waals surface area (Å²) in [5, 5.41) is 0.471. The summed E-state index contributed by atoms with van der Waals surface area (Å²) < 4.78 is 6.06. The van der Waals surface area contributed by atoms with Gasteiger partial charge in [0.25, 0.3) is 5.56 Å². The van der Waals surface area contributed by atoms with Gasteiger partial charge in [0.15, 0.2) is 0 Å². The molecule has 0 saturated heterocycles. The molecule has 0 atom stereocenters. The number of carbonyl (C=O) groups is 1. The zero-order chi connectivity index (χ0) is 20.0. The van der Waals surface area contributed by atoms with Crippen molar-refractivity contribution in [2.24, 2.45) is 17.3 Å². The van der Waals surface area contributed by atoms with Gasteiger partial charge in [-0.1, -0.05) is 0 Å². The maximum absolute atomic E-state index is 13.2. The van der Waals surface area contributed by atoms with E-state index in [0.717, 1.165) is 48.1 Å². The number of aromatic nitrogens is 2. The molecule has 1 aromatic carbocycles. The largest absolute Gasteiger partial charge is 0.350 e. The minimum Gasteiger partial charge on any atom is -0.291 e. The highest BCUT2D eigenvalue weighted by Gasteiger charge is 2.74. The Labute approximate surface area is 172 Å². The van der Waals surface area contributed by atoms with Gasteiger partial charge in [-0.3, -0.25) is 24.3 Å². The first-order chi connectivity index (χ1) is 13.9. The lowest BCUT2D eigenvalue weighted by Gasteiger charge is -2.16. The predicted molar refractivity (Wildman–Crippen MR) is 111 cm³/mol. The smallest absolute Gasteiger partial charge is 0.291 e. The molecule has 4 fully saturated rings. The molecule has 152 valence electrons. The summed E-state index contributed by atoms with van der Waals surface area (Å²) in [6.07, 6.45) is 6.25. The number of nitrogens with one attached hydrogen (secondary N) is 2. The van der Waals surface area contributed by atoms with Crippen LogP contribution in [0, 0.1) is 17.3 Å². The van der Waals surface area contributed by atoms with Crippen LogP contribution in [0.2, 0.25) is 0 Å².